The Bertz CT molecular complexity index is 1460. The zero-order valence-corrected chi connectivity index (χ0v) is 20.2. The largest absolute Gasteiger partial charge is 0.475 e. The maximum absolute atomic E-state index is 5.80. The fourth-order valence-electron chi connectivity index (χ4n) is 3.38. The van der Waals surface area contributed by atoms with Crippen molar-refractivity contribution >= 4 is 22.1 Å². The number of fused-ring (bicyclic) bond motifs is 3. The Morgan fingerprint density at radius 2 is 1.58 bits per heavy atom. The number of rotatable bonds is 2. The van der Waals surface area contributed by atoms with Gasteiger partial charge in [-0.25, -0.2) is 0 Å². The molecule has 0 atom stereocenters. The van der Waals surface area contributed by atoms with Gasteiger partial charge in [0.1, 0.15) is 5.58 Å². The average Bonchev–Trinajstić information content (AvgIpc) is 3.24. The number of aromatic nitrogens is 3. The smallest absolute Gasteiger partial charge is 0.125 e. The molecule has 33 heavy (non-hydrogen) atoms. The van der Waals surface area contributed by atoms with Gasteiger partial charge in [-0.3, -0.25) is 0 Å². The number of hydrogen-bond acceptors (Lipinski definition) is 4. The van der Waals surface area contributed by atoms with E-state index in [2.05, 4.69) is 33.3 Å². The van der Waals surface area contributed by atoms with Crippen LogP contribution in [0, 0.1) is 19.2 Å². The topological polar surface area (TPSA) is 51.8 Å². The molecule has 0 aliphatic carbocycles. The second-order valence-corrected chi connectivity index (χ2v) is 7.30. The van der Waals surface area contributed by atoms with Crippen LogP contribution in [-0.2, 0) is 20.1 Å². The number of benzene rings is 2. The van der Waals surface area contributed by atoms with Crippen LogP contribution in [0.2, 0.25) is 0 Å². The third-order valence-corrected chi connectivity index (χ3v) is 5.00. The maximum Gasteiger partial charge on any atom is 0.125 e. The minimum Gasteiger partial charge on any atom is -0.475 e. The summed E-state index contributed by atoms with van der Waals surface area (Å²) in [6.45, 7) is 2.03. The molecule has 6 aromatic rings. The van der Waals surface area contributed by atoms with Gasteiger partial charge in [0, 0.05) is 43.4 Å². The summed E-state index contributed by atoms with van der Waals surface area (Å²) in [5.74, 6) is 0. The molecule has 0 bridgehead atoms. The first-order valence-corrected chi connectivity index (χ1v) is 10.3. The molecule has 2 aromatic carbocycles. The number of pyridine rings is 3. The molecule has 4 aromatic heterocycles. The van der Waals surface area contributed by atoms with E-state index >= 15 is 0 Å². The standard InChI is InChI=1S/C16H9N2O.C12H10N.Ir/c1-2-7-14-12(5-1)16-15(19-14)9-11(10-18-16)13-6-3-4-8-17-13;1-10-7-8-12(13-9-10)11-5-3-2-4-6-11;/h1-9H;2-5,7-9H,1H3;/q2*-1;. The number of furan rings is 1. The van der Waals surface area contributed by atoms with Gasteiger partial charge in [0.15, 0.2) is 0 Å². The second-order valence-electron chi connectivity index (χ2n) is 7.30. The Morgan fingerprint density at radius 1 is 0.758 bits per heavy atom. The van der Waals surface area contributed by atoms with E-state index in [9.17, 15) is 0 Å². The van der Waals surface area contributed by atoms with Crippen LogP contribution in [0.25, 0.3) is 44.6 Å². The first-order chi connectivity index (χ1) is 15.8. The van der Waals surface area contributed by atoms with Crippen molar-refractivity contribution in [2.45, 2.75) is 6.92 Å². The van der Waals surface area contributed by atoms with Crippen molar-refractivity contribution in [1.82, 2.24) is 15.0 Å². The summed E-state index contributed by atoms with van der Waals surface area (Å²) in [5, 5.41) is 1.02. The number of para-hydroxylation sites is 1. The van der Waals surface area contributed by atoms with Gasteiger partial charge in [0.25, 0.3) is 0 Å². The molecule has 0 unspecified atom stereocenters. The molecule has 163 valence electrons. The Hall–Kier alpha value is -3.66. The van der Waals surface area contributed by atoms with E-state index in [1.807, 2.05) is 92.0 Å². The van der Waals surface area contributed by atoms with Crippen molar-refractivity contribution in [2.75, 3.05) is 0 Å². The van der Waals surface area contributed by atoms with Gasteiger partial charge in [-0.2, -0.15) is 0 Å². The quantitative estimate of drug-likeness (QED) is 0.206. The van der Waals surface area contributed by atoms with Gasteiger partial charge in [0.05, 0.1) is 5.58 Å². The summed E-state index contributed by atoms with van der Waals surface area (Å²) < 4.78 is 5.80. The number of hydrogen-bond donors (Lipinski definition) is 0. The minimum absolute atomic E-state index is 0. The second kappa shape index (κ2) is 10.3. The van der Waals surface area contributed by atoms with Crippen molar-refractivity contribution in [3.63, 3.8) is 0 Å². The van der Waals surface area contributed by atoms with Crippen molar-refractivity contribution in [1.29, 1.82) is 0 Å². The SMILES string of the molecule is Cc1ccc(-c2[c-]cccc2)nc1.[Ir].[c-]1nc2c(cc1-c1ccccn1)oc1ccccc12. The van der Waals surface area contributed by atoms with Crippen LogP contribution in [0.1, 0.15) is 5.56 Å². The van der Waals surface area contributed by atoms with E-state index in [-0.39, 0.29) is 20.1 Å². The van der Waals surface area contributed by atoms with Crippen LogP contribution < -0.4 is 0 Å². The molecule has 1 radical (unpaired) electrons. The summed E-state index contributed by atoms with van der Waals surface area (Å²) in [5.41, 5.74) is 7.34. The molecule has 0 aliphatic heterocycles. The first kappa shape index (κ1) is 22.5. The molecule has 0 spiro atoms. The van der Waals surface area contributed by atoms with Crippen LogP contribution in [0.3, 0.4) is 0 Å². The third-order valence-electron chi connectivity index (χ3n) is 5.00. The molecule has 4 nitrogen and oxygen atoms in total. The molecular weight excluding hydrogens is 587 g/mol. The fraction of sp³-hybridized carbons (Fsp3) is 0.0357. The normalized spacial score (nSPS) is 10.3. The van der Waals surface area contributed by atoms with Crippen LogP contribution in [0.15, 0.2) is 102 Å². The molecule has 6 rings (SSSR count). The molecule has 0 saturated carbocycles. The average molecular weight is 606 g/mol. The summed E-state index contributed by atoms with van der Waals surface area (Å²) in [6, 6.07) is 30.6. The van der Waals surface area contributed by atoms with Crippen molar-refractivity contribution in [3.05, 3.63) is 115 Å². The van der Waals surface area contributed by atoms with E-state index < -0.39 is 0 Å². The van der Waals surface area contributed by atoms with Crippen molar-refractivity contribution in [3.8, 4) is 22.5 Å². The Labute approximate surface area is 205 Å². The number of aryl methyl sites for hydroxylation is 1. The third kappa shape index (κ3) is 5.06. The van der Waals surface area contributed by atoms with Crippen molar-refractivity contribution < 1.29 is 24.5 Å². The Balaban J connectivity index is 0.000000164. The van der Waals surface area contributed by atoms with Crippen LogP contribution in [-0.4, -0.2) is 15.0 Å². The molecule has 5 heteroatoms. The van der Waals surface area contributed by atoms with E-state index in [0.717, 1.165) is 44.6 Å². The molecule has 0 aliphatic rings. The van der Waals surface area contributed by atoms with E-state index in [1.54, 1.807) is 6.20 Å². The monoisotopic (exact) mass is 606 g/mol. The van der Waals surface area contributed by atoms with Gasteiger partial charge in [-0.1, -0.05) is 48.5 Å². The summed E-state index contributed by atoms with van der Waals surface area (Å²) in [4.78, 5) is 13.0. The van der Waals surface area contributed by atoms with Crippen molar-refractivity contribution in [2.24, 2.45) is 0 Å². The number of nitrogens with zero attached hydrogens (tertiary/aromatic N) is 3. The van der Waals surface area contributed by atoms with Gasteiger partial charge in [0.2, 0.25) is 0 Å². The molecule has 4 heterocycles. The minimum atomic E-state index is 0. The predicted octanol–water partition coefficient (Wildman–Crippen LogP) is 6.70. The van der Waals surface area contributed by atoms with Crippen LogP contribution in [0.5, 0.6) is 0 Å². The van der Waals surface area contributed by atoms with E-state index in [4.69, 9.17) is 4.42 Å². The van der Waals surface area contributed by atoms with Gasteiger partial charge < -0.3 is 19.4 Å². The zero-order chi connectivity index (χ0) is 21.8. The summed E-state index contributed by atoms with van der Waals surface area (Å²) in [7, 11) is 0. The molecular formula is C28H19IrN3O-2. The Morgan fingerprint density at radius 3 is 2.33 bits per heavy atom. The van der Waals surface area contributed by atoms with Crippen LogP contribution >= 0.6 is 0 Å². The predicted molar refractivity (Wildman–Crippen MR) is 127 cm³/mol. The van der Waals surface area contributed by atoms with Gasteiger partial charge in [-0.15, -0.1) is 41.5 Å². The fourth-order valence-corrected chi connectivity index (χ4v) is 3.38. The maximum atomic E-state index is 5.80. The summed E-state index contributed by atoms with van der Waals surface area (Å²) in [6.07, 6.45) is 6.66. The summed E-state index contributed by atoms with van der Waals surface area (Å²) >= 11 is 0. The van der Waals surface area contributed by atoms with E-state index in [1.165, 1.54) is 5.56 Å². The molecule has 0 amide bonds. The Kier molecular flexibility index (Phi) is 7.04. The van der Waals surface area contributed by atoms with Gasteiger partial charge in [-0.05, 0) is 42.2 Å². The molecule has 0 fully saturated rings. The molecule has 0 N–H and O–H groups in total. The van der Waals surface area contributed by atoms with E-state index in [0.29, 0.717) is 0 Å². The zero-order valence-electron chi connectivity index (χ0n) is 17.8. The van der Waals surface area contributed by atoms with Gasteiger partial charge >= 0.3 is 0 Å². The molecule has 0 saturated heterocycles. The van der Waals surface area contributed by atoms with Crippen LogP contribution in [0.4, 0.5) is 0 Å². The first-order valence-electron chi connectivity index (χ1n) is 10.3.